The first-order valence-electron chi connectivity index (χ1n) is 6.66. The highest BCUT2D eigenvalue weighted by molar-refractivity contribution is 5.85. The number of nitrogen functional groups attached to an aromatic ring is 1. The molecule has 2 heterocycles. The minimum Gasteiger partial charge on any atom is -0.368 e. The number of aromatic nitrogens is 3. The smallest absolute Gasteiger partial charge is 0.222 e. The van der Waals surface area contributed by atoms with E-state index in [1.807, 2.05) is 19.1 Å². The third kappa shape index (κ3) is 4.22. The molecule has 0 atom stereocenters. The molecule has 0 aliphatic heterocycles. The molecule has 0 saturated heterocycles. The SMILES string of the molecule is Cc1cc(CNc2cc(C3CC(N)C3)nc(N)n2)no1.Cl.Cl. The van der Waals surface area contributed by atoms with Gasteiger partial charge in [0.1, 0.15) is 17.3 Å². The summed E-state index contributed by atoms with van der Waals surface area (Å²) in [6.07, 6.45) is 1.91. The van der Waals surface area contributed by atoms with Gasteiger partial charge in [0, 0.05) is 24.1 Å². The first-order chi connectivity index (χ1) is 9.60. The van der Waals surface area contributed by atoms with Crippen molar-refractivity contribution in [2.45, 2.75) is 38.3 Å². The van der Waals surface area contributed by atoms with Gasteiger partial charge in [-0.3, -0.25) is 0 Å². The minimum absolute atomic E-state index is 0. The second-order valence-electron chi connectivity index (χ2n) is 5.25. The molecule has 0 unspecified atom stereocenters. The van der Waals surface area contributed by atoms with Gasteiger partial charge in [-0.2, -0.15) is 4.98 Å². The van der Waals surface area contributed by atoms with Crippen molar-refractivity contribution in [2.24, 2.45) is 5.73 Å². The standard InChI is InChI=1S/C13H18N6O.2ClH/c1-7-2-10(19-20-7)6-16-12-5-11(17-13(15)18-12)8-3-9(14)4-8;;/h2,5,8-9H,3-4,6,14H2,1H3,(H3,15,16,17,18);2*1H. The molecule has 2 aromatic heterocycles. The molecule has 3 rings (SSSR count). The number of nitrogens with zero attached hydrogens (tertiary/aromatic N) is 3. The summed E-state index contributed by atoms with van der Waals surface area (Å²) >= 11 is 0. The Kier molecular flexibility index (Phi) is 6.40. The second kappa shape index (κ2) is 7.62. The summed E-state index contributed by atoms with van der Waals surface area (Å²) in [5.74, 6) is 2.16. The van der Waals surface area contributed by atoms with Crippen LogP contribution in [-0.4, -0.2) is 21.2 Å². The maximum atomic E-state index is 5.81. The lowest BCUT2D eigenvalue weighted by Crippen LogP contribution is -2.35. The van der Waals surface area contributed by atoms with Crippen LogP contribution in [0.1, 0.15) is 35.9 Å². The van der Waals surface area contributed by atoms with Crippen LogP contribution in [-0.2, 0) is 6.54 Å². The van der Waals surface area contributed by atoms with Crippen molar-refractivity contribution in [3.05, 3.63) is 29.3 Å². The van der Waals surface area contributed by atoms with Gasteiger partial charge < -0.3 is 21.3 Å². The molecule has 2 aromatic rings. The summed E-state index contributed by atoms with van der Waals surface area (Å²) in [7, 11) is 0. The van der Waals surface area contributed by atoms with Gasteiger partial charge in [-0.25, -0.2) is 4.98 Å². The first kappa shape index (κ1) is 18.5. The number of nitrogens with two attached hydrogens (primary N) is 2. The summed E-state index contributed by atoms with van der Waals surface area (Å²) in [6, 6.07) is 4.09. The zero-order valence-electron chi connectivity index (χ0n) is 12.2. The van der Waals surface area contributed by atoms with Crippen LogP contribution >= 0.6 is 24.8 Å². The van der Waals surface area contributed by atoms with E-state index in [0.717, 1.165) is 30.0 Å². The molecule has 1 aliphatic rings. The number of aryl methyl sites for hydroxylation is 1. The van der Waals surface area contributed by atoms with Crippen LogP contribution in [0.15, 0.2) is 16.7 Å². The maximum absolute atomic E-state index is 5.81. The molecular weight excluding hydrogens is 327 g/mol. The molecule has 0 spiro atoms. The fourth-order valence-electron chi connectivity index (χ4n) is 2.37. The van der Waals surface area contributed by atoms with Gasteiger partial charge in [0.05, 0.1) is 12.2 Å². The van der Waals surface area contributed by atoms with E-state index in [1.54, 1.807) is 0 Å². The van der Waals surface area contributed by atoms with Crippen molar-refractivity contribution in [3.8, 4) is 0 Å². The number of anilines is 2. The van der Waals surface area contributed by atoms with Gasteiger partial charge in [-0.05, 0) is 19.8 Å². The highest BCUT2D eigenvalue weighted by atomic mass is 35.5. The summed E-state index contributed by atoms with van der Waals surface area (Å²) < 4.78 is 5.02. The van der Waals surface area contributed by atoms with E-state index < -0.39 is 0 Å². The van der Waals surface area contributed by atoms with E-state index in [0.29, 0.717) is 18.3 Å². The number of hydrogen-bond acceptors (Lipinski definition) is 7. The van der Waals surface area contributed by atoms with Crippen molar-refractivity contribution in [1.82, 2.24) is 15.1 Å². The predicted octanol–water partition coefficient (Wildman–Crippen LogP) is 2.02. The molecule has 0 bridgehead atoms. The highest BCUT2D eigenvalue weighted by Gasteiger charge is 2.29. The Balaban J connectivity index is 0.00000121. The molecule has 9 heteroatoms. The van der Waals surface area contributed by atoms with Gasteiger partial charge in [-0.15, -0.1) is 24.8 Å². The average Bonchev–Trinajstić information content (AvgIpc) is 2.78. The zero-order chi connectivity index (χ0) is 14.1. The molecule has 122 valence electrons. The number of nitrogens with one attached hydrogen (secondary N) is 1. The molecule has 0 amide bonds. The van der Waals surface area contributed by atoms with Crippen molar-refractivity contribution in [2.75, 3.05) is 11.1 Å². The first-order valence-corrected chi connectivity index (χ1v) is 6.66. The molecule has 0 radical (unpaired) electrons. The topological polar surface area (TPSA) is 116 Å². The molecule has 7 nitrogen and oxygen atoms in total. The highest BCUT2D eigenvalue weighted by Crippen LogP contribution is 2.35. The lowest BCUT2D eigenvalue weighted by molar-refractivity contribution is 0.345. The van der Waals surface area contributed by atoms with Crippen LogP contribution in [0.25, 0.3) is 0 Å². The molecule has 1 fully saturated rings. The molecular formula is C13H20Cl2N6O. The van der Waals surface area contributed by atoms with Crippen LogP contribution in [0.3, 0.4) is 0 Å². The maximum Gasteiger partial charge on any atom is 0.222 e. The van der Waals surface area contributed by atoms with E-state index in [4.69, 9.17) is 16.0 Å². The molecule has 1 aliphatic carbocycles. The van der Waals surface area contributed by atoms with Gasteiger partial charge in [-0.1, -0.05) is 5.16 Å². The van der Waals surface area contributed by atoms with E-state index in [1.165, 1.54) is 0 Å². The van der Waals surface area contributed by atoms with E-state index in [-0.39, 0.29) is 36.8 Å². The minimum atomic E-state index is 0. The molecule has 0 aromatic carbocycles. The van der Waals surface area contributed by atoms with E-state index >= 15 is 0 Å². The summed E-state index contributed by atoms with van der Waals surface area (Å²) in [5, 5.41) is 7.10. The lowest BCUT2D eigenvalue weighted by atomic mass is 9.78. The van der Waals surface area contributed by atoms with Gasteiger partial charge in [0.15, 0.2) is 0 Å². The molecule has 1 saturated carbocycles. The fraction of sp³-hybridized carbons (Fsp3) is 0.462. The van der Waals surface area contributed by atoms with Crippen molar-refractivity contribution < 1.29 is 4.52 Å². The summed E-state index contributed by atoms with van der Waals surface area (Å²) in [5.41, 5.74) is 13.3. The largest absolute Gasteiger partial charge is 0.368 e. The van der Waals surface area contributed by atoms with Gasteiger partial charge in [0.2, 0.25) is 5.95 Å². The normalized spacial score (nSPS) is 19.5. The summed E-state index contributed by atoms with van der Waals surface area (Å²) in [6.45, 7) is 2.40. The van der Waals surface area contributed by atoms with Crippen molar-refractivity contribution in [1.29, 1.82) is 0 Å². The number of hydrogen-bond donors (Lipinski definition) is 3. The van der Waals surface area contributed by atoms with E-state index in [2.05, 4.69) is 20.4 Å². The van der Waals surface area contributed by atoms with Crippen molar-refractivity contribution >= 4 is 36.6 Å². The molecule has 22 heavy (non-hydrogen) atoms. The second-order valence-corrected chi connectivity index (χ2v) is 5.25. The van der Waals surface area contributed by atoms with Crippen LogP contribution in [0.5, 0.6) is 0 Å². The van der Waals surface area contributed by atoms with E-state index in [9.17, 15) is 0 Å². The average molecular weight is 347 g/mol. The Hall–Kier alpha value is -1.57. The van der Waals surface area contributed by atoms with Crippen LogP contribution in [0.2, 0.25) is 0 Å². The Morgan fingerprint density at radius 1 is 1.27 bits per heavy atom. The Labute approximate surface area is 141 Å². The predicted molar refractivity (Wildman–Crippen MR) is 89.5 cm³/mol. The number of halogens is 2. The number of rotatable bonds is 4. The Bertz CT molecular complexity index is 614. The van der Waals surface area contributed by atoms with Gasteiger partial charge >= 0.3 is 0 Å². The fourth-order valence-corrected chi connectivity index (χ4v) is 2.37. The quantitative estimate of drug-likeness (QED) is 0.775. The third-order valence-electron chi connectivity index (χ3n) is 3.48. The Morgan fingerprint density at radius 2 is 2.00 bits per heavy atom. The molecule has 5 N–H and O–H groups in total. The van der Waals surface area contributed by atoms with Crippen molar-refractivity contribution in [3.63, 3.8) is 0 Å². The third-order valence-corrected chi connectivity index (χ3v) is 3.48. The monoisotopic (exact) mass is 346 g/mol. The van der Waals surface area contributed by atoms with Gasteiger partial charge in [0.25, 0.3) is 0 Å². The van der Waals surface area contributed by atoms with Crippen LogP contribution in [0.4, 0.5) is 11.8 Å². The summed E-state index contributed by atoms with van der Waals surface area (Å²) in [4.78, 5) is 8.47. The van der Waals surface area contributed by atoms with Crippen LogP contribution in [0, 0.1) is 6.92 Å². The Morgan fingerprint density at radius 3 is 2.59 bits per heavy atom. The lowest BCUT2D eigenvalue weighted by Gasteiger charge is -2.32. The zero-order valence-corrected chi connectivity index (χ0v) is 13.8. The van der Waals surface area contributed by atoms with Crippen LogP contribution < -0.4 is 16.8 Å².